The van der Waals surface area contributed by atoms with E-state index in [2.05, 4.69) is 54.0 Å². The monoisotopic (exact) mass is 318 g/mol. The second-order valence-corrected chi connectivity index (χ2v) is 6.37. The quantitative estimate of drug-likeness (QED) is 0.882. The van der Waals surface area contributed by atoms with Crippen LogP contribution in [0.2, 0.25) is 0 Å². The highest BCUT2D eigenvalue weighted by Crippen LogP contribution is 2.28. The molecule has 19 heavy (non-hydrogen) atoms. The SMILES string of the molecule is Cc1cc(C)cc(C(C)(O)Cc2cccc(Br)c2)c1. The lowest BCUT2D eigenvalue weighted by Crippen LogP contribution is -2.24. The van der Waals surface area contributed by atoms with E-state index in [-0.39, 0.29) is 0 Å². The minimum Gasteiger partial charge on any atom is -0.385 e. The van der Waals surface area contributed by atoms with Crippen molar-refractivity contribution in [1.82, 2.24) is 0 Å². The van der Waals surface area contributed by atoms with E-state index in [4.69, 9.17) is 0 Å². The van der Waals surface area contributed by atoms with Crippen molar-refractivity contribution in [3.63, 3.8) is 0 Å². The number of rotatable bonds is 3. The maximum atomic E-state index is 10.8. The van der Waals surface area contributed by atoms with Crippen LogP contribution in [0.4, 0.5) is 0 Å². The van der Waals surface area contributed by atoms with Crippen molar-refractivity contribution in [3.8, 4) is 0 Å². The molecule has 0 amide bonds. The highest BCUT2D eigenvalue weighted by Gasteiger charge is 2.24. The third kappa shape index (κ3) is 3.68. The Balaban J connectivity index is 2.31. The van der Waals surface area contributed by atoms with Gasteiger partial charge in [-0.25, -0.2) is 0 Å². The first kappa shape index (κ1) is 14.3. The summed E-state index contributed by atoms with van der Waals surface area (Å²) in [6.45, 7) is 6.00. The molecule has 1 nitrogen and oxygen atoms in total. The van der Waals surface area contributed by atoms with Gasteiger partial charge in [-0.1, -0.05) is 57.4 Å². The zero-order valence-corrected chi connectivity index (χ0v) is 13.2. The summed E-state index contributed by atoms with van der Waals surface area (Å²) in [6.07, 6.45) is 0.606. The van der Waals surface area contributed by atoms with Gasteiger partial charge in [-0.3, -0.25) is 0 Å². The molecule has 2 rings (SSSR count). The van der Waals surface area contributed by atoms with Gasteiger partial charge in [0, 0.05) is 10.9 Å². The van der Waals surface area contributed by atoms with E-state index in [0.717, 1.165) is 15.6 Å². The zero-order chi connectivity index (χ0) is 14.0. The Morgan fingerprint density at radius 1 is 1.05 bits per heavy atom. The van der Waals surface area contributed by atoms with Gasteiger partial charge in [0.15, 0.2) is 0 Å². The lowest BCUT2D eigenvalue weighted by molar-refractivity contribution is 0.0575. The van der Waals surface area contributed by atoms with E-state index < -0.39 is 5.60 Å². The molecule has 0 heterocycles. The topological polar surface area (TPSA) is 20.2 Å². The highest BCUT2D eigenvalue weighted by molar-refractivity contribution is 9.10. The van der Waals surface area contributed by atoms with Gasteiger partial charge in [-0.2, -0.15) is 0 Å². The molecule has 100 valence electrons. The first-order valence-corrected chi connectivity index (χ1v) is 7.22. The van der Waals surface area contributed by atoms with Crippen LogP contribution in [0.3, 0.4) is 0 Å². The Hall–Kier alpha value is -1.12. The van der Waals surface area contributed by atoms with Crippen LogP contribution in [0, 0.1) is 13.8 Å². The smallest absolute Gasteiger partial charge is 0.0908 e. The zero-order valence-electron chi connectivity index (χ0n) is 11.6. The second-order valence-electron chi connectivity index (χ2n) is 5.46. The summed E-state index contributed by atoms with van der Waals surface area (Å²) in [5.41, 5.74) is 3.62. The molecular formula is C17H19BrO. The number of benzene rings is 2. The third-order valence-electron chi connectivity index (χ3n) is 3.28. The molecule has 2 heteroatoms. The van der Waals surface area contributed by atoms with Gasteiger partial charge < -0.3 is 5.11 Å². The third-order valence-corrected chi connectivity index (χ3v) is 3.77. The highest BCUT2D eigenvalue weighted by atomic mass is 79.9. The van der Waals surface area contributed by atoms with Crippen LogP contribution in [-0.2, 0) is 12.0 Å². The second kappa shape index (κ2) is 5.48. The number of aliphatic hydroxyl groups is 1. The summed E-state index contributed by atoms with van der Waals surface area (Å²) in [5, 5.41) is 10.8. The Labute approximate surface area is 123 Å². The molecule has 0 saturated carbocycles. The van der Waals surface area contributed by atoms with E-state index in [0.29, 0.717) is 6.42 Å². The summed E-state index contributed by atoms with van der Waals surface area (Å²) < 4.78 is 1.04. The van der Waals surface area contributed by atoms with Crippen molar-refractivity contribution in [1.29, 1.82) is 0 Å². The number of halogens is 1. The summed E-state index contributed by atoms with van der Waals surface area (Å²) in [7, 11) is 0. The van der Waals surface area contributed by atoms with Crippen LogP contribution in [0.25, 0.3) is 0 Å². The fourth-order valence-corrected chi connectivity index (χ4v) is 2.88. The van der Waals surface area contributed by atoms with Crippen LogP contribution >= 0.6 is 15.9 Å². The average molecular weight is 319 g/mol. The molecule has 1 N–H and O–H groups in total. The minimum atomic E-state index is -0.850. The Bertz CT molecular complexity index is 567. The lowest BCUT2D eigenvalue weighted by Gasteiger charge is -2.25. The van der Waals surface area contributed by atoms with Crippen molar-refractivity contribution < 1.29 is 5.11 Å². The van der Waals surface area contributed by atoms with Crippen molar-refractivity contribution in [2.24, 2.45) is 0 Å². The van der Waals surface area contributed by atoms with Crippen molar-refractivity contribution in [2.45, 2.75) is 32.8 Å². The molecule has 0 saturated heterocycles. The standard InChI is InChI=1S/C17H19BrO/c1-12-7-13(2)9-15(8-12)17(3,19)11-14-5-4-6-16(18)10-14/h4-10,19H,11H2,1-3H3. The Morgan fingerprint density at radius 3 is 2.26 bits per heavy atom. The van der Waals surface area contributed by atoms with Crippen LogP contribution < -0.4 is 0 Å². The van der Waals surface area contributed by atoms with Crippen molar-refractivity contribution >= 4 is 15.9 Å². The first-order valence-electron chi connectivity index (χ1n) is 6.42. The fourth-order valence-electron chi connectivity index (χ4n) is 2.43. The largest absolute Gasteiger partial charge is 0.385 e. The summed E-state index contributed by atoms with van der Waals surface area (Å²) >= 11 is 3.47. The van der Waals surface area contributed by atoms with Gasteiger partial charge in [-0.05, 0) is 44.0 Å². The van der Waals surface area contributed by atoms with Gasteiger partial charge in [0.25, 0.3) is 0 Å². The van der Waals surface area contributed by atoms with Crippen molar-refractivity contribution in [3.05, 3.63) is 69.2 Å². The molecule has 0 aliphatic heterocycles. The van der Waals surface area contributed by atoms with Crippen LogP contribution in [-0.4, -0.2) is 5.11 Å². The average Bonchev–Trinajstić information content (AvgIpc) is 2.26. The maximum absolute atomic E-state index is 10.8. The van der Waals surface area contributed by atoms with Crippen LogP contribution in [0.1, 0.15) is 29.2 Å². The summed E-state index contributed by atoms with van der Waals surface area (Å²) in [5.74, 6) is 0. The van der Waals surface area contributed by atoms with E-state index in [1.54, 1.807) is 0 Å². The van der Waals surface area contributed by atoms with Crippen molar-refractivity contribution in [2.75, 3.05) is 0 Å². The van der Waals surface area contributed by atoms with Gasteiger partial charge in [0.1, 0.15) is 0 Å². The molecule has 1 unspecified atom stereocenters. The molecular weight excluding hydrogens is 300 g/mol. The van der Waals surface area contributed by atoms with Gasteiger partial charge in [-0.15, -0.1) is 0 Å². The first-order chi connectivity index (χ1) is 8.87. The molecule has 2 aromatic carbocycles. The Morgan fingerprint density at radius 2 is 1.68 bits per heavy atom. The minimum absolute atomic E-state index is 0.606. The van der Waals surface area contributed by atoms with E-state index in [1.807, 2.05) is 25.1 Å². The predicted molar refractivity (Wildman–Crippen MR) is 83.3 cm³/mol. The van der Waals surface area contributed by atoms with E-state index >= 15 is 0 Å². The normalized spacial score (nSPS) is 14.2. The van der Waals surface area contributed by atoms with Crippen LogP contribution in [0.15, 0.2) is 46.9 Å². The molecule has 0 aliphatic rings. The van der Waals surface area contributed by atoms with E-state index in [9.17, 15) is 5.11 Å². The maximum Gasteiger partial charge on any atom is 0.0908 e. The fraction of sp³-hybridized carbons (Fsp3) is 0.294. The number of aryl methyl sites for hydroxylation is 2. The molecule has 0 bridgehead atoms. The van der Waals surface area contributed by atoms with Crippen LogP contribution in [0.5, 0.6) is 0 Å². The predicted octanol–water partition coefficient (Wildman–Crippen LogP) is 4.52. The van der Waals surface area contributed by atoms with E-state index in [1.165, 1.54) is 11.1 Å². The molecule has 1 atom stereocenters. The molecule has 2 aromatic rings. The summed E-state index contributed by atoms with van der Waals surface area (Å²) in [6, 6.07) is 14.3. The molecule has 0 aromatic heterocycles. The number of hydrogen-bond donors (Lipinski definition) is 1. The molecule has 0 aliphatic carbocycles. The Kier molecular flexibility index (Phi) is 4.12. The summed E-state index contributed by atoms with van der Waals surface area (Å²) in [4.78, 5) is 0. The molecule has 0 spiro atoms. The van der Waals surface area contributed by atoms with Gasteiger partial charge >= 0.3 is 0 Å². The lowest BCUT2D eigenvalue weighted by atomic mass is 9.87. The van der Waals surface area contributed by atoms with Gasteiger partial charge in [0.2, 0.25) is 0 Å². The molecule has 0 fully saturated rings. The van der Waals surface area contributed by atoms with Gasteiger partial charge in [0.05, 0.1) is 5.60 Å². The number of hydrogen-bond acceptors (Lipinski definition) is 1. The molecule has 0 radical (unpaired) electrons.